The molecular formula is C15H23NO3. The van der Waals surface area contributed by atoms with Gasteiger partial charge in [0.05, 0.1) is 13.0 Å². The second-order valence-corrected chi connectivity index (χ2v) is 5.00. The maximum absolute atomic E-state index is 10.3. The van der Waals surface area contributed by atoms with Crippen molar-refractivity contribution in [2.75, 3.05) is 13.2 Å². The van der Waals surface area contributed by atoms with Crippen LogP contribution in [0.2, 0.25) is 0 Å². The zero-order chi connectivity index (χ0) is 14.1. The predicted molar refractivity (Wildman–Crippen MR) is 75.4 cm³/mol. The van der Waals surface area contributed by atoms with Gasteiger partial charge in [0.25, 0.3) is 0 Å². The molecule has 0 atom stereocenters. The molecule has 0 unspecified atom stereocenters. The highest BCUT2D eigenvalue weighted by atomic mass is 16.5. The van der Waals surface area contributed by atoms with E-state index in [-0.39, 0.29) is 6.42 Å². The van der Waals surface area contributed by atoms with Gasteiger partial charge in [-0.2, -0.15) is 0 Å². The first-order valence-corrected chi connectivity index (χ1v) is 6.72. The Hall–Kier alpha value is -1.55. The molecule has 106 valence electrons. The largest absolute Gasteiger partial charge is 0.494 e. The number of aliphatic carboxylic acids is 1. The smallest absolute Gasteiger partial charge is 0.304 e. The molecule has 19 heavy (non-hydrogen) atoms. The van der Waals surface area contributed by atoms with Crippen LogP contribution in [-0.4, -0.2) is 24.2 Å². The molecule has 0 bridgehead atoms. The van der Waals surface area contributed by atoms with Crippen LogP contribution in [0, 0.1) is 5.92 Å². The molecule has 0 heterocycles. The van der Waals surface area contributed by atoms with E-state index in [0.29, 0.717) is 19.0 Å². The third kappa shape index (κ3) is 7.47. The molecular weight excluding hydrogens is 242 g/mol. The number of carboxylic acids is 1. The van der Waals surface area contributed by atoms with Crippen molar-refractivity contribution in [3.8, 4) is 5.75 Å². The fourth-order valence-corrected chi connectivity index (χ4v) is 1.54. The first-order valence-electron chi connectivity index (χ1n) is 6.72. The fraction of sp³-hybridized carbons (Fsp3) is 0.533. The lowest BCUT2D eigenvalue weighted by atomic mass is 10.1. The monoisotopic (exact) mass is 265 g/mol. The zero-order valence-corrected chi connectivity index (χ0v) is 11.7. The Kier molecular flexibility index (Phi) is 6.97. The van der Waals surface area contributed by atoms with Gasteiger partial charge >= 0.3 is 5.97 Å². The highest BCUT2D eigenvalue weighted by Gasteiger charge is 1.99. The minimum Gasteiger partial charge on any atom is -0.494 e. The summed E-state index contributed by atoms with van der Waals surface area (Å²) in [7, 11) is 0. The van der Waals surface area contributed by atoms with Crippen molar-refractivity contribution < 1.29 is 14.6 Å². The summed E-state index contributed by atoms with van der Waals surface area (Å²) >= 11 is 0. The molecule has 1 aromatic carbocycles. The van der Waals surface area contributed by atoms with Crippen molar-refractivity contribution in [3.05, 3.63) is 29.8 Å². The molecule has 0 aromatic heterocycles. The van der Waals surface area contributed by atoms with E-state index in [1.165, 1.54) is 0 Å². The van der Waals surface area contributed by atoms with Crippen molar-refractivity contribution in [2.24, 2.45) is 5.92 Å². The van der Waals surface area contributed by atoms with Gasteiger partial charge in [-0.1, -0.05) is 26.0 Å². The van der Waals surface area contributed by atoms with Gasteiger partial charge < -0.3 is 15.2 Å². The lowest BCUT2D eigenvalue weighted by molar-refractivity contribution is -0.136. The number of carboxylic acid groups (broad SMARTS) is 1. The average Bonchev–Trinajstić information content (AvgIpc) is 2.36. The SMILES string of the molecule is CC(C)CCOc1ccc(CNCCC(=O)O)cc1. The van der Waals surface area contributed by atoms with Crippen molar-refractivity contribution in [1.29, 1.82) is 0 Å². The third-order valence-corrected chi connectivity index (χ3v) is 2.73. The number of benzene rings is 1. The van der Waals surface area contributed by atoms with Gasteiger partial charge in [0.15, 0.2) is 0 Å². The van der Waals surface area contributed by atoms with Crippen LogP contribution in [0.4, 0.5) is 0 Å². The Labute approximate surface area is 114 Å². The van der Waals surface area contributed by atoms with Crippen LogP contribution in [0.1, 0.15) is 32.3 Å². The summed E-state index contributed by atoms with van der Waals surface area (Å²) in [6.45, 7) is 6.26. The number of rotatable bonds is 9. The second-order valence-electron chi connectivity index (χ2n) is 5.00. The molecule has 4 nitrogen and oxygen atoms in total. The standard InChI is InChI=1S/C15H23NO3/c1-12(2)8-10-19-14-5-3-13(4-6-14)11-16-9-7-15(17)18/h3-6,12,16H,7-11H2,1-2H3,(H,17,18). The number of hydrogen-bond acceptors (Lipinski definition) is 3. The molecule has 2 N–H and O–H groups in total. The van der Waals surface area contributed by atoms with E-state index in [9.17, 15) is 4.79 Å². The zero-order valence-electron chi connectivity index (χ0n) is 11.7. The third-order valence-electron chi connectivity index (χ3n) is 2.73. The van der Waals surface area contributed by atoms with E-state index in [2.05, 4.69) is 19.2 Å². The topological polar surface area (TPSA) is 58.6 Å². The summed E-state index contributed by atoms with van der Waals surface area (Å²) in [5.74, 6) is 0.758. The van der Waals surface area contributed by atoms with Crippen LogP contribution in [0.5, 0.6) is 5.75 Å². The van der Waals surface area contributed by atoms with E-state index in [4.69, 9.17) is 9.84 Å². The van der Waals surface area contributed by atoms with E-state index < -0.39 is 5.97 Å². The number of nitrogens with one attached hydrogen (secondary N) is 1. The molecule has 1 rings (SSSR count). The Balaban J connectivity index is 2.25. The van der Waals surface area contributed by atoms with Gasteiger partial charge in [-0.3, -0.25) is 4.79 Å². The van der Waals surface area contributed by atoms with E-state index in [1.54, 1.807) is 0 Å². The first-order chi connectivity index (χ1) is 9.08. The first kappa shape index (κ1) is 15.5. The van der Waals surface area contributed by atoms with Crippen molar-refractivity contribution in [2.45, 2.75) is 33.2 Å². The Bertz CT molecular complexity index is 373. The fourth-order valence-electron chi connectivity index (χ4n) is 1.54. The number of hydrogen-bond donors (Lipinski definition) is 2. The lowest BCUT2D eigenvalue weighted by Crippen LogP contribution is -2.17. The molecule has 4 heteroatoms. The van der Waals surface area contributed by atoms with Crippen LogP contribution in [0.3, 0.4) is 0 Å². The van der Waals surface area contributed by atoms with Gasteiger partial charge in [-0.25, -0.2) is 0 Å². The van der Waals surface area contributed by atoms with Crippen molar-refractivity contribution in [3.63, 3.8) is 0 Å². The van der Waals surface area contributed by atoms with Gasteiger partial charge in [0.1, 0.15) is 5.75 Å². The van der Waals surface area contributed by atoms with Gasteiger partial charge in [0, 0.05) is 13.1 Å². The Morgan fingerprint density at radius 1 is 1.32 bits per heavy atom. The normalized spacial score (nSPS) is 10.7. The highest BCUT2D eigenvalue weighted by molar-refractivity contribution is 5.66. The van der Waals surface area contributed by atoms with E-state index >= 15 is 0 Å². The second kappa shape index (κ2) is 8.53. The van der Waals surface area contributed by atoms with Crippen LogP contribution in [0.25, 0.3) is 0 Å². The van der Waals surface area contributed by atoms with Gasteiger partial charge in [0.2, 0.25) is 0 Å². The summed E-state index contributed by atoms with van der Waals surface area (Å²) in [5, 5.41) is 11.6. The van der Waals surface area contributed by atoms with Gasteiger partial charge in [-0.15, -0.1) is 0 Å². The quantitative estimate of drug-likeness (QED) is 0.674. The molecule has 0 saturated heterocycles. The molecule has 0 aliphatic heterocycles. The Morgan fingerprint density at radius 2 is 2.00 bits per heavy atom. The van der Waals surface area contributed by atoms with E-state index in [0.717, 1.165) is 24.3 Å². The van der Waals surface area contributed by atoms with Crippen molar-refractivity contribution >= 4 is 5.97 Å². The molecule has 0 aliphatic carbocycles. The maximum atomic E-state index is 10.3. The van der Waals surface area contributed by atoms with Crippen LogP contribution in [-0.2, 0) is 11.3 Å². The number of ether oxygens (including phenoxy) is 1. The molecule has 0 radical (unpaired) electrons. The summed E-state index contributed by atoms with van der Waals surface area (Å²) in [4.78, 5) is 10.3. The highest BCUT2D eigenvalue weighted by Crippen LogP contribution is 2.13. The van der Waals surface area contributed by atoms with Crippen LogP contribution in [0.15, 0.2) is 24.3 Å². The summed E-state index contributed by atoms with van der Waals surface area (Å²) in [6.07, 6.45) is 1.20. The molecule has 0 aliphatic rings. The maximum Gasteiger partial charge on any atom is 0.304 e. The number of carbonyl (C=O) groups is 1. The molecule has 0 spiro atoms. The molecule has 0 fully saturated rings. The minimum absolute atomic E-state index is 0.149. The van der Waals surface area contributed by atoms with Crippen molar-refractivity contribution in [1.82, 2.24) is 5.32 Å². The summed E-state index contributed by atoms with van der Waals surface area (Å²) in [5.41, 5.74) is 1.13. The summed E-state index contributed by atoms with van der Waals surface area (Å²) in [6, 6.07) is 7.90. The lowest BCUT2D eigenvalue weighted by Gasteiger charge is -2.09. The van der Waals surface area contributed by atoms with Gasteiger partial charge in [-0.05, 0) is 30.0 Å². The van der Waals surface area contributed by atoms with E-state index in [1.807, 2.05) is 24.3 Å². The molecule has 0 saturated carbocycles. The Morgan fingerprint density at radius 3 is 2.58 bits per heavy atom. The minimum atomic E-state index is -0.776. The van der Waals surface area contributed by atoms with Crippen LogP contribution < -0.4 is 10.1 Å². The predicted octanol–water partition coefficient (Wildman–Crippen LogP) is 2.68. The summed E-state index contributed by atoms with van der Waals surface area (Å²) < 4.78 is 5.63. The van der Waals surface area contributed by atoms with Crippen LogP contribution >= 0.6 is 0 Å². The average molecular weight is 265 g/mol. The molecule has 0 amide bonds. The molecule has 1 aromatic rings.